The Morgan fingerprint density at radius 2 is 0.600 bits per heavy atom. The van der Waals surface area contributed by atoms with Gasteiger partial charge in [0.15, 0.2) is 31.5 Å². The number of carbonyl (C=O) groups excluding carboxylic acids is 1. The maximum Gasteiger partial charge on any atom is 0.276 e. The molecular weight excluding hydrogens is 1610 g/mol. The van der Waals surface area contributed by atoms with Crippen molar-refractivity contribution in [2.24, 2.45) is 0 Å². The highest BCUT2D eigenvalue weighted by atomic mass is 31.3. The molecule has 5 aliphatic heterocycles. The van der Waals surface area contributed by atoms with E-state index in [0.29, 0.717) is 18.4 Å². The molecule has 0 radical (unpaired) electrons. The van der Waals surface area contributed by atoms with E-state index in [9.17, 15) is 105 Å². The van der Waals surface area contributed by atoms with Gasteiger partial charge in [0.1, 0.15) is 122 Å². The number of allylic oxidation sites excluding steroid dienone is 21. The Bertz CT molecular complexity index is 3560. The summed E-state index contributed by atoms with van der Waals surface area (Å²) in [6.07, 6.45) is -9.99. The highest BCUT2D eigenvalue weighted by Crippen LogP contribution is 2.57. The number of aliphatic hydroxyl groups excluding tert-OH is 15. The summed E-state index contributed by atoms with van der Waals surface area (Å²) in [4.78, 5) is 38.4. The van der Waals surface area contributed by atoms with Gasteiger partial charge in [-0.25, -0.2) is 4.31 Å². The second-order valence-electron chi connectivity index (χ2n) is 32.3. The molecule has 0 aromatic rings. The van der Waals surface area contributed by atoms with Crippen molar-refractivity contribution in [3.05, 3.63) is 128 Å². The fraction of sp³-hybridized carbons (Fsp3) is 0.729. The molecule has 5 saturated heterocycles. The van der Waals surface area contributed by atoms with Gasteiger partial charge in [0.25, 0.3) is 15.6 Å². The number of hydrogen-bond donors (Lipinski definition) is 15. The maximum absolute atomic E-state index is 13.1. The molecular formula is C85H137O33P2-3. The zero-order chi connectivity index (χ0) is 89.3. The van der Waals surface area contributed by atoms with Gasteiger partial charge in [-0.3, -0.25) is 13.7 Å². The number of carboxylic acids is 1. The molecule has 27 atom stereocenters. The molecule has 35 heteroatoms. The van der Waals surface area contributed by atoms with Crippen molar-refractivity contribution in [3.8, 4) is 0 Å². The van der Waals surface area contributed by atoms with Crippen molar-refractivity contribution in [2.75, 3.05) is 33.0 Å². The largest absolute Gasteiger partial charge is 0.756 e. The topological polar surface area (TPSA) is 535 Å². The number of phosphoric acid groups is 2. The first-order chi connectivity index (χ1) is 56.7. The Morgan fingerprint density at radius 1 is 0.317 bits per heavy atom. The van der Waals surface area contributed by atoms with Crippen molar-refractivity contribution in [3.63, 3.8) is 0 Å². The number of ether oxygens (including phenoxy) is 9. The van der Waals surface area contributed by atoms with Gasteiger partial charge < -0.3 is 143 Å². The second kappa shape index (κ2) is 53.5. The molecule has 0 aliphatic carbocycles. The van der Waals surface area contributed by atoms with E-state index in [1.165, 1.54) is 57.1 Å². The minimum atomic E-state index is -6.13. The highest BCUT2D eigenvalue weighted by Gasteiger charge is 2.58. The summed E-state index contributed by atoms with van der Waals surface area (Å²) < 4.78 is 89.3. The van der Waals surface area contributed by atoms with Gasteiger partial charge in [-0.15, -0.1) is 0 Å². The van der Waals surface area contributed by atoms with Gasteiger partial charge in [0.2, 0.25) is 0 Å². The van der Waals surface area contributed by atoms with E-state index in [2.05, 4.69) is 134 Å². The molecule has 5 fully saturated rings. The van der Waals surface area contributed by atoms with Crippen LogP contribution in [-0.4, -0.2) is 269 Å². The summed E-state index contributed by atoms with van der Waals surface area (Å²) >= 11 is 0. The van der Waals surface area contributed by atoms with Crippen LogP contribution in [0.5, 0.6) is 0 Å². The third-order valence-electron chi connectivity index (χ3n) is 21.9. The first kappa shape index (κ1) is 106. The lowest BCUT2D eigenvalue weighted by molar-refractivity contribution is -0.405. The molecule has 0 saturated carbocycles. The summed E-state index contributed by atoms with van der Waals surface area (Å²) in [5.41, 5.74) is 14.4. The third-order valence-corrected chi connectivity index (χ3v) is 24.5. The molecule has 120 heavy (non-hydrogen) atoms. The summed E-state index contributed by atoms with van der Waals surface area (Å²) in [5.74, 6) is -2.19. The molecule has 688 valence electrons. The van der Waals surface area contributed by atoms with Crippen LogP contribution in [-0.2, 0) is 69.9 Å². The molecule has 15 N–H and O–H groups in total. The average Bonchev–Trinajstić information content (AvgIpc) is 0.767. The van der Waals surface area contributed by atoms with Crippen LogP contribution in [0.4, 0.5) is 0 Å². The molecule has 0 aromatic carbocycles. The molecule has 0 spiro atoms. The standard InChI is InChI=1S/C85H140O33P2/c1-13-49(2)24-14-25-50(3)26-15-27-51(4)28-16-29-52(5)30-17-31-53(6)32-18-33-54(7)34-19-35-55(8)36-20-37-56(9)38-21-39-57(10)40-22-41-58(11)42-23-43-59(12)48-107-119(103,104)118-120(105,106)117-84-73(99)69(95)75(63(47-89)111-84)112-83-74(100)76(66(92)62(46-88)109-83)113-85-78(68(94)65(91)61(45-87)110-85)115-82-72(98)70(96)77(79(116-82)80(101)102)114-81-71(97)67(93)64(90)60(44-86)108-81/h13,25,27,29,31,33,35,37,39,41,43,60-79,81-100H,14-24,26,28,30,32,34,36,38,40,42,44-48H2,1-12H3,(H,101,102)(H,103,104)(H,105,106)/p-3/b49-13-,50-25-,51-27-,52-29-,53-31-,54-33-,55-35-,56-37-,57-39+,58-41+,59-43+/t60-,61-,62-,63-,64-,65-,66-,67+,68+,69-,70-,71+,72-,73-,74-,75-,76+,77+,78+,79+,81+,82-,83+,84-,85-/m1/s1. The van der Waals surface area contributed by atoms with Gasteiger partial charge in [0.05, 0.1) is 39.0 Å². The summed E-state index contributed by atoms with van der Waals surface area (Å²) in [7, 11) is -11.9. The van der Waals surface area contributed by atoms with E-state index in [1.807, 2.05) is 6.92 Å². The maximum atomic E-state index is 13.1. The zero-order valence-electron chi connectivity index (χ0n) is 71.4. The lowest BCUT2D eigenvalue weighted by atomic mass is 9.95. The molecule has 2 unspecified atom stereocenters. The quantitative estimate of drug-likeness (QED) is 0.0279. The molecule has 0 bridgehead atoms. The van der Waals surface area contributed by atoms with E-state index in [0.717, 1.165) is 121 Å². The van der Waals surface area contributed by atoms with Crippen LogP contribution in [0.2, 0.25) is 0 Å². The number of carbonyl (C=O) groups is 1. The van der Waals surface area contributed by atoms with Gasteiger partial charge in [-0.2, -0.15) is 0 Å². The Balaban J connectivity index is 1.01. The Labute approximate surface area is 706 Å². The lowest BCUT2D eigenvalue weighted by Crippen LogP contribution is -2.69. The van der Waals surface area contributed by atoms with Crippen LogP contribution in [0.1, 0.15) is 212 Å². The monoisotopic (exact) mass is 1750 g/mol. The Morgan fingerprint density at radius 3 is 0.983 bits per heavy atom. The van der Waals surface area contributed by atoms with Crippen LogP contribution >= 0.6 is 15.6 Å². The van der Waals surface area contributed by atoms with Crippen LogP contribution < -0.4 is 14.9 Å². The van der Waals surface area contributed by atoms with E-state index < -0.39 is 208 Å². The van der Waals surface area contributed by atoms with Crippen LogP contribution in [0, 0.1) is 0 Å². The first-order valence-electron chi connectivity index (χ1n) is 41.6. The van der Waals surface area contributed by atoms with Crippen molar-refractivity contribution in [1.82, 2.24) is 0 Å². The smallest absolute Gasteiger partial charge is 0.276 e. The number of phosphoric ester groups is 2. The highest BCUT2D eigenvalue weighted by molar-refractivity contribution is 7.59. The Kier molecular flexibility index (Phi) is 47.5. The summed E-state index contributed by atoms with van der Waals surface area (Å²) in [6, 6.07) is 0. The zero-order valence-corrected chi connectivity index (χ0v) is 73.2. The minimum absolute atomic E-state index is 0.388. The molecule has 33 nitrogen and oxygen atoms in total. The summed E-state index contributed by atoms with van der Waals surface area (Å²) in [6.45, 7) is 20.6. The molecule has 0 aromatic heterocycles. The lowest BCUT2D eigenvalue weighted by Gasteiger charge is -2.50. The predicted octanol–water partition coefficient (Wildman–Crippen LogP) is 5.06. The van der Waals surface area contributed by atoms with Crippen molar-refractivity contribution >= 4 is 21.6 Å². The molecule has 5 rings (SSSR count). The second-order valence-corrected chi connectivity index (χ2v) is 35.2. The Hall–Kier alpha value is -4.09. The minimum Gasteiger partial charge on any atom is -0.756 e. The summed E-state index contributed by atoms with van der Waals surface area (Å²) in [5, 5.41) is 174. The molecule has 0 amide bonds. The number of hydrogen-bond acceptors (Lipinski definition) is 33. The molecule has 5 heterocycles. The number of carboxylic acid groups (broad SMARTS) is 1. The van der Waals surface area contributed by atoms with E-state index in [1.54, 1.807) is 6.08 Å². The van der Waals surface area contributed by atoms with Crippen molar-refractivity contribution in [1.29, 1.82) is 0 Å². The van der Waals surface area contributed by atoms with Crippen LogP contribution in [0.25, 0.3) is 0 Å². The van der Waals surface area contributed by atoms with Crippen LogP contribution in [0.3, 0.4) is 0 Å². The van der Waals surface area contributed by atoms with Gasteiger partial charge in [0, 0.05) is 0 Å². The van der Waals surface area contributed by atoms with Gasteiger partial charge in [-0.1, -0.05) is 128 Å². The fourth-order valence-electron chi connectivity index (χ4n) is 14.1. The van der Waals surface area contributed by atoms with Crippen LogP contribution in [0.15, 0.2) is 128 Å². The normalized spacial score (nSPS) is 34.0. The number of aliphatic hydroxyl groups is 15. The predicted molar refractivity (Wildman–Crippen MR) is 435 cm³/mol. The fourth-order valence-corrected chi connectivity index (χ4v) is 16.2. The van der Waals surface area contributed by atoms with E-state index >= 15 is 0 Å². The van der Waals surface area contributed by atoms with E-state index in [4.69, 9.17) is 51.7 Å². The number of rotatable bonds is 50. The van der Waals surface area contributed by atoms with Crippen molar-refractivity contribution < 1.29 is 161 Å². The van der Waals surface area contributed by atoms with Gasteiger partial charge >= 0.3 is 0 Å². The van der Waals surface area contributed by atoms with Crippen molar-refractivity contribution in [2.45, 2.75) is 365 Å². The third kappa shape index (κ3) is 35.3. The SMILES string of the molecule is C/C=C(/C)CC/C=C(/C)CC/C=C(/C)CC/C=C(/C)CC/C=C(/C)CC/C=C(/C)CC/C=C(/C)CC/C=C(/C)CC/C=C(\C)CC/C=C(\C)CC/C=C(\C)COP(=O)([O-])OP(=O)([O-])O[C@H]1O[C@H](CO)[C@@H](O[C@@H]2O[C@H](CO)[C@@H](O)[C@H](O[C@H]3O[C@H](CO)[C@@H](O)[C@H](O)[C@@H]3O[C@@H]3O[C@H](C(=O)[O-])[C@@H](O[C@@H]4O[C@H](CO)[C@@H](O)[C@H](O)[C@@H]4O)[C@H](O)[C@H]3O)[C@H]2O)[C@H](O)[C@H]1O. The van der Waals surface area contributed by atoms with Gasteiger partial charge in [-0.05, 0) is 212 Å². The number of aliphatic carboxylic acids is 1. The van der Waals surface area contributed by atoms with E-state index in [-0.39, 0.29) is 0 Å². The molecule has 5 aliphatic rings. The first-order valence-corrected chi connectivity index (χ1v) is 44.5. The average molecular weight is 1750 g/mol.